The van der Waals surface area contributed by atoms with Gasteiger partial charge in [-0.1, -0.05) is 12.1 Å². The van der Waals surface area contributed by atoms with Crippen molar-refractivity contribution in [1.29, 1.82) is 5.41 Å². The van der Waals surface area contributed by atoms with Crippen molar-refractivity contribution in [2.45, 2.75) is 21.2 Å². The van der Waals surface area contributed by atoms with Crippen molar-refractivity contribution in [2.75, 3.05) is 11.6 Å². The number of rotatable bonds is 6. The molecule has 0 aliphatic carbocycles. The van der Waals surface area contributed by atoms with E-state index >= 15 is 0 Å². The van der Waals surface area contributed by atoms with E-state index in [1.165, 1.54) is 36.4 Å². The molecule has 3 aromatic rings. The zero-order chi connectivity index (χ0) is 21.8. The lowest BCUT2D eigenvalue weighted by atomic mass is 10.2. The van der Waals surface area contributed by atoms with E-state index in [1.54, 1.807) is 36.7 Å². The number of anilines is 1. The lowest BCUT2D eigenvalue weighted by molar-refractivity contribution is 0.594. The summed E-state index contributed by atoms with van der Waals surface area (Å²) >= 11 is 0. The van der Waals surface area contributed by atoms with Crippen molar-refractivity contribution in [1.82, 2.24) is 10.3 Å². The van der Waals surface area contributed by atoms with Gasteiger partial charge in [-0.25, -0.2) is 16.8 Å². The van der Waals surface area contributed by atoms with Crippen LogP contribution in [-0.4, -0.2) is 34.0 Å². The van der Waals surface area contributed by atoms with Crippen LogP contribution in [0.5, 0.6) is 0 Å². The van der Waals surface area contributed by atoms with E-state index in [2.05, 4.69) is 15.6 Å². The van der Waals surface area contributed by atoms with Crippen LogP contribution in [0.2, 0.25) is 0 Å². The number of aromatic nitrogens is 1. The second kappa shape index (κ2) is 8.64. The van der Waals surface area contributed by atoms with Crippen LogP contribution < -0.4 is 10.6 Å². The SMILES string of the molecule is CS(=O)(=O)c1ccc(S(=O)(=O)c2ccc(CNC(=N)Nc3ccncc3)cc2)cc1. The summed E-state index contributed by atoms with van der Waals surface area (Å²) in [5.41, 5.74) is 1.52. The number of hydrogen-bond donors (Lipinski definition) is 3. The van der Waals surface area contributed by atoms with Gasteiger partial charge in [0.15, 0.2) is 15.8 Å². The van der Waals surface area contributed by atoms with Crippen LogP contribution in [0, 0.1) is 5.41 Å². The minimum atomic E-state index is -3.77. The molecule has 1 aromatic heterocycles. The van der Waals surface area contributed by atoms with Gasteiger partial charge in [-0.05, 0) is 54.1 Å². The first-order valence-corrected chi connectivity index (χ1v) is 12.2. The molecule has 2 aromatic carbocycles. The molecule has 0 fully saturated rings. The largest absolute Gasteiger partial charge is 0.352 e. The summed E-state index contributed by atoms with van der Waals surface area (Å²) in [5, 5.41) is 13.7. The van der Waals surface area contributed by atoms with Gasteiger partial charge in [-0.3, -0.25) is 10.4 Å². The first-order valence-electron chi connectivity index (χ1n) is 8.80. The van der Waals surface area contributed by atoms with Crippen molar-refractivity contribution in [3.8, 4) is 0 Å². The van der Waals surface area contributed by atoms with E-state index in [1.807, 2.05) is 0 Å². The van der Waals surface area contributed by atoms with Gasteiger partial charge in [0.1, 0.15) is 0 Å². The molecule has 156 valence electrons. The Kier molecular flexibility index (Phi) is 6.18. The van der Waals surface area contributed by atoms with Crippen molar-refractivity contribution >= 4 is 31.3 Å². The first-order chi connectivity index (χ1) is 14.2. The highest BCUT2D eigenvalue weighted by Crippen LogP contribution is 2.22. The van der Waals surface area contributed by atoms with Crippen LogP contribution in [0.4, 0.5) is 5.69 Å². The average Bonchev–Trinajstić information content (AvgIpc) is 2.73. The van der Waals surface area contributed by atoms with E-state index in [0.29, 0.717) is 6.54 Å². The maximum atomic E-state index is 12.8. The lowest BCUT2D eigenvalue weighted by Gasteiger charge is -2.11. The molecule has 8 nitrogen and oxygen atoms in total. The Morgan fingerprint density at radius 2 is 1.33 bits per heavy atom. The molecule has 0 aliphatic heterocycles. The zero-order valence-corrected chi connectivity index (χ0v) is 17.7. The molecule has 0 unspecified atom stereocenters. The van der Waals surface area contributed by atoms with Crippen molar-refractivity contribution in [3.05, 3.63) is 78.6 Å². The summed E-state index contributed by atoms with van der Waals surface area (Å²) in [6, 6.07) is 14.9. The van der Waals surface area contributed by atoms with Crippen LogP contribution >= 0.6 is 0 Å². The summed E-state index contributed by atoms with van der Waals surface area (Å²) < 4.78 is 48.6. The molecule has 0 spiro atoms. The number of hydrogen-bond acceptors (Lipinski definition) is 6. The highest BCUT2D eigenvalue weighted by atomic mass is 32.2. The molecule has 0 radical (unpaired) electrons. The summed E-state index contributed by atoms with van der Waals surface area (Å²) in [6.07, 6.45) is 4.29. The second-order valence-electron chi connectivity index (χ2n) is 6.48. The Bertz CT molecular complexity index is 1240. The number of benzene rings is 2. The smallest absolute Gasteiger partial charge is 0.206 e. The third kappa shape index (κ3) is 5.22. The first kappa shape index (κ1) is 21.5. The maximum absolute atomic E-state index is 12.8. The minimum Gasteiger partial charge on any atom is -0.352 e. The molecule has 10 heteroatoms. The predicted molar refractivity (Wildman–Crippen MR) is 114 cm³/mol. The average molecular weight is 445 g/mol. The molecule has 0 aliphatic rings. The molecular weight excluding hydrogens is 424 g/mol. The summed E-state index contributed by atoms with van der Waals surface area (Å²) in [7, 11) is -7.16. The van der Waals surface area contributed by atoms with Gasteiger partial charge in [0.2, 0.25) is 9.84 Å². The van der Waals surface area contributed by atoms with E-state index in [9.17, 15) is 16.8 Å². The van der Waals surface area contributed by atoms with E-state index in [-0.39, 0.29) is 20.6 Å². The normalized spacial score (nSPS) is 11.6. The van der Waals surface area contributed by atoms with Crippen molar-refractivity contribution < 1.29 is 16.8 Å². The second-order valence-corrected chi connectivity index (χ2v) is 10.4. The number of pyridine rings is 1. The number of nitrogens with zero attached hydrogens (tertiary/aromatic N) is 1. The van der Waals surface area contributed by atoms with E-state index in [4.69, 9.17) is 5.41 Å². The van der Waals surface area contributed by atoms with Gasteiger partial charge in [0.05, 0.1) is 14.7 Å². The number of nitrogens with one attached hydrogen (secondary N) is 3. The van der Waals surface area contributed by atoms with Gasteiger partial charge in [-0.15, -0.1) is 0 Å². The van der Waals surface area contributed by atoms with Gasteiger partial charge >= 0.3 is 0 Å². The monoisotopic (exact) mass is 444 g/mol. The Labute approximate surface area is 175 Å². The van der Waals surface area contributed by atoms with Crippen LogP contribution in [0.15, 0.2) is 87.7 Å². The molecule has 3 rings (SSSR count). The molecule has 0 bridgehead atoms. The molecule has 0 saturated carbocycles. The molecule has 0 saturated heterocycles. The van der Waals surface area contributed by atoms with Crippen molar-refractivity contribution in [2.24, 2.45) is 0 Å². The van der Waals surface area contributed by atoms with Crippen LogP contribution in [0.3, 0.4) is 0 Å². The molecular formula is C20H20N4O4S2. The van der Waals surface area contributed by atoms with E-state index < -0.39 is 19.7 Å². The lowest BCUT2D eigenvalue weighted by Crippen LogP contribution is -2.29. The highest BCUT2D eigenvalue weighted by molar-refractivity contribution is 7.91. The Morgan fingerprint density at radius 3 is 1.87 bits per heavy atom. The summed E-state index contributed by atoms with van der Waals surface area (Å²) in [6.45, 7) is 0.334. The van der Waals surface area contributed by atoms with Crippen LogP contribution in [0.25, 0.3) is 0 Å². The Hall–Kier alpha value is -3.24. The summed E-state index contributed by atoms with van der Waals surface area (Å²) in [4.78, 5) is 4.08. The van der Waals surface area contributed by atoms with Crippen LogP contribution in [-0.2, 0) is 26.2 Å². The van der Waals surface area contributed by atoms with E-state index in [0.717, 1.165) is 17.5 Å². The Balaban J connectivity index is 1.66. The summed E-state index contributed by atoms with van der Waals surface area (Å²) in [5.74, 6) is 0.101. The highest BCUT2D eigenvalue weighted by Gasteiger charge is 2.18. The van der Waals surface area contributed by atoms with Gasteiger partial charge in [0, 0.05) is 30.9 Å². The fourth-order valence-corrected chi connectivity index (χ4v) is 4.49. The standard InChI is InChI=1S/C20H20N4O4S2/c1-29(25,26)17-6-8-19(9-7-17)30(27,28)18-4-2-15(3-5-18)14-23-20(21)24-16-10-12-22-13-11-16/h2-13H,14H2,1H3,(H3,21,22,23,24). The fourth-order valence-electron chi connectivity index (χ4n) is 2.60. The third-order valence-electron chi connectivity index (χ3n) is 4.21. The maximum Gasteiger partial charge on any atom is 0.206 e. The topological polar surface area (TPSA) is 129 Å². The fraction of sp³-hybridized carbons (Fsp3) is 0.100. The Morgan fingerprint density at radius 1 is 0.833 bits per heavy atom. The molecule has 3 N–H and O–H groups in total. The zero-order valence-electron chi connectivity index (χ0n) is 16.0. The number of guanidine groups is 1. The van der Waals surface area contributed by atoms with Gasteiger partial charge in [-0.2, -0.15) is 0 Å². The third-order valence-corrected chi connectivity index (χ3v) is 7.13. The minimum absolute atomic E-state index is 0.0177. The molecule has 0 amide bonds. The molecule has 30 heavy (non-hydrogen) atoms. The molecule has 1 heterocycles. The van der Waals surface area contributed by atoms with Crippen molar-refractivity contribution in [3.63, 3.8) is 0 Å². The van der Waals surface area contributed by atoms with Crippen LogP contribution in [0.1, 0.15) is 5.56 Å². The molecule has 0 atom stereocenters. The number of sulfone groups is 2. The van der Waals surface area contributed by atoms with Gasteiger partial charge < -0.3 is 10.6 Å². The quantitative estimate of drug-likeness (QED) is 0.393. The van der Waals surface area contributed by atoms with Gasteiger partial charge in [0.25, 0.3) is 0 Å². The predicted octanol–water partition coefficient (Wildman–Crippen LogP) is 2.45.